The minimum absolute atomic E-state index is 0.150. The van der Waals surface area contributed by atoms with Crippen molar-refractivity contribution in [1.82, 2.24) is 10.3 Å². The van der Waals surface area contributed by atoms with Crippen molar-refractivity contribution in [1.29, 1.82) is 0 Å². The first kappa shape index (κ1) is 13.6. The van der Waals surface area contributed by atoms with E-state index < -0.39 is 0 Å². The fourth-order valence-electron chi connectivity index (χ4n) is 2.32. The standard InChI is InChI=1S/C16H17N3O2/c1-11-14(3-2-6-18-11)16(20)19-13-4-5-15-12(9-13)10-17-7-8-21-15/h2-6,9,17H,7-8,10H2,1H3,(H,19,20). The molecule has 108 valence electrons. The summed E-state index contributed by atoms with van der Waals surface area (Å²) in [4.78, 5) is 16.4. The Morgan fingerprint density at radius 2 is 2.29 bits per heavy atom. The summed E-state index contributed by atoms with van der Waals surface area (Å²) in [5.41, 5.74) is 3.11. The molecule has 2 heterocycles. The van der Waals surface area contributed by atoms with E-state index in [0.29, 0.717) is 12.2 Å². The lowest BCUT2D eigenvalue weighted by atomic mass is 10.1. The molecule has 0 unspecified atom stereocenters. The molecule has 0 aliphatic carbocycles. The normalized spacial score (nSPS) is 13.8. The van der Waals surface area contributed by atoms with Gasteiger partial charge in [-0.3, -0.25) is 9.78 Å². The molecule has 0 saturated heterocycles. The van der Waals surface area contributed by atoms with Crippen molar-refractivity contribution in [3.8, 4) is 5.75 Å². The van der Waals surface area contributed by atoms with Crippen LogP contribution in [0.1, 0.15) is 21.6 Å². The van der Waals surface area contributed by atoms with E-state index in [1.54, 1.807) is 18.3 Å². The van der Waals surface area contributed by atoms with Crippen molar-refractivity contribution in [2.75, 3.05) is 18.5 Å². The quantitative estimate of drug-likeness (QED) is 0.886. The molecule has 5 heteroatoms. The SMILES string of the molecule is Cc1ncccc1C(=O)Nc1ccc2c(c1)CNCCO2. The van der Waals surface area contributed by atoms with Gasteiger partial charge in [0.1, 0.15) is 12.4 Å². The van der Waals surface area contributed by atoms with Gasteiger partial charge in [-0.15, -0.1) is 0 Å². The maximum atomic E-state index is 12.3. The van der Waals surface area contributed by atoms with Crippen molar-refractivity contribution in [3.63, 3.8) is 0 Å². The van der Waals surface area contributed by atoms with Crippen LogP contribution in [0.4, 0.5) is 5.69 Å². The Morgan fingerprint density at radius 3 is 3.14 bits per heavy atom. The number of aromatic nitrogens is 1. The number of carbonyl (C=O) groups is 1. The lowest BCUT2D eigenvalue weighted by Gasteiger charge is -2.11. The maximum absolute atomic E-state index is 12.3. The van der Waals surface area contributed by atoms with Gasteiger partial charge in [-0.1, -0.05) is 0 Å². The van der Waals surface area contributed by atoms with E-state index in [2.05, 4.69) is 15.6 Å². The predicted molar refractivity (Wildman–Crippen MR) is 80.6 cm³/mol. The third kappa shape index (κ3) is 3.03. The minimum atomic E-state index is -0.150. The Labute approximate surface area is 123 Å². The number of rotatable bonds is 2. The summed E-state index contributed by atoms with van der Waals surface area (Å²) in [6, 6.07) is 9.22. The zero-order valence-corrected chi connectivity index (χ0v) is 11.8. The molecule has 1 aliphatic heterocycles. The van der Waals surface area contributed by atoms with Crippen molar-refractivity contribution >= 4 is 11.6 Å². The van der Waals surface area contributed by atoms with Crippen molar-refractivity contribution in [3.05, 3.63) is 53.3 Å². The highest BCUT2D eigenvalue weighted by Crippen LogP contribution is 2.24. The first-order valence-corrected chi connectivity index (χ1v) is 6.93. The fourth-order valence-corrected chi connectivity index (χ4v) is 2.32. The molecule has 0 radical (unpaired) electrons. The number of ether oxygens (including phenoxy) is 1. The van der Waals surface area contributed by atoms with Crippen LogP contribution in [-0.4, -0.2) is 24.0 Å². The van der Waals surface area contributed by atoms with E-state index in [1.807, 2.05) is 25.1 Å². The smallest absolute Gasteiger partial charge is 0.257 e. The predicted octanol–water partition coefficient (Wildman–Crippen LogP) is 2.12. The molecule has 0 spiro atoms. The lowest BCUT2D eigenvalue weighted by Crippen LogP contribution is -2.16. The summed E-state index contributed by atoms with van der Waals surface area (Å²) in [6.45, 7) is 4.05. The van der Waals surface area contributed by atoms with E-state index >= 15 is 0 Å². The van der Waals surface area contributed by atoms with Gasteiger partial charge >= 0.3 is 0 Å². The second-order valence-electron chi connectivity index (χ2n) is 4.94. The molecule has 0 atom stereocenters. The number of aryl methyl sites for hydroxylation is 1. The van der Waals surface area contributed by atoms with Crippen LogP contribution in [0.15, 0.2) is 36.5 Å². The van der Waals surface area contributed by atoms with Gasteiger partial charge in [-0.2, -0.15) is 0 Å². The van der Waals surface area contributed by atoms with Gasteiger partial charge in [0.15, 0.2) is 0 Å². The Balaban J connectivity index is 1.81. The molecule has 3 rings (SSSR count). The van der Waals surface area contributed by atoms with Gasteiger partial charge in [0.2, 0.25) is 0 Å². The summed E-state index contributed by atoms with van der Waals surface area (Å²) in [7, 11) is 0. The molecule has 1 aliphatic rings. The maximum Gasteiger partial charge on any atom is 0.257 e. The summed E-state index contributed by atoms with van der Waals surface area (Å²) in [6.07, 6.45) is 1.68. The van der Waals surface area contributed by atoms with E-state index in [-0.39, 0.29) is 5.91 Å². The second-order valence-corrected chi connectivity index (χ2v) is 4.94. The Bertz CT molecular complexity index is 670. The number of hydrogen-bond acceptors (Lipinski definition) is 4. The average molecular weight is 283 g/mol. The van der Waals surface area contributed by atoms with Crippen LogP contribution in [0, 0.1) is 6.92 Å². The topological polar surface area (TPSA) is 63.2 Å². The summed E-state index contributed by atoms with van der Waals surface area (Å²) >= 11 is 0. The first-order valence-electron chi connectivity index (χ1n) is 6.93. The molecular weight excluding hydrogens is 266 g/mol. The van der Waals surface area contributed by atoms with Crippen LogP contribution in [0.3, 0.4) is 0 Å². The number of nitrogens with one attached hydrogen (secondary N) is 2. The number of pyridine rings is 1. The Hall–Kier alpha value is -2.40. The third-order valence-corrected chi connectivity index (χ3v) is 3.42. The highest BCUT2D eigenvalue weighted by molar-refractivity contribution is 6.05. The molecule has 2 aromatic rings. The number of amides is 1. The highest BCUT2D eigenvalue weighted by atomic mass is 16.5. The van der Waals surface area contributed by atoms with Crippen LogP contribution in [0.5, 0.6) is 5.75 Å². The number of hydrogen-bond donors (Lipinski definition) is 2. The summed E-state index contributed by atoms with van der Waals surface area (Å²) < 4.78 is 5.63. The third-order valence-electron chi connectivity index (χ3n) is 3.42. The van der Waals surface area contributed by atoms with E-state index in [4.69, 9.17) is 4.74 Å². The van der Waals surface area contributed by atoms with Gasteiger partial charge in [0, 0.05) is 36.2 Å². The fraction of sp³-hybridized carbons (Fsp3) is 0.250. The van der Waals surface area contributed by atoms with Gasteiger partial charge in [0.25, 0.3) is 5.91 Å². The Morgan fingerprint density at radius 1 is 1.38 bits per heavy atom. The molecule has 21 heavy (non-hydrogen) atoms. The molecule has 1 aromatic carbocycles. The molecule has 1 amide bonds. The lowest BCUT2D eigenvalue weighted by molar-refractivity contribution is 0.102. The van der Waals surface area contributed by atoms with Gasteiger partial charge in [0.05, 0.1) is 5.56 Å². The molecule has 0 fully saturated rings. The van der Waals surface area contributed by atoms with E-state index in [1.165, 1.54) is 0 Å². The zero-order chi connectivity index (χ0) is 14.7. The molecule has 2 N–H and O–H groups in total. The average Bonchev–Trinajstić information content (AvgIpc) is 2.72. The van der Waals surface area contributed by atoms with Gasteiger partial charge < -0.3 is 15.4 Å². The minimum Gasteiger partial charge on any atom is -0.492 e. The molecular formula is C16H17N3O2. The number of anilines is 1. The van der Waals surface area contributed by atoms with Gasteiger partial charge in [-0.25, -0.2) is 0 Å². The molecule has 0 bridgehead atoms. The van der Waals surface area contributed by atoms with Crippen molar-refractivity contribution in [2.24, 2.45) is 0 Å². The summed E-state index contributed by atoms with van der Waals surface area (Å²) in [5.74, 6) is 0.721. The van der Waals surface area contributed by atoms with E-state index in [9.17, 15) is 4.79 Å². The number of fused-ring (bicyclic) bond motifs is 1. The first-order chi connectivity index (χ1) is 10.2. The molecule has 5 nitrogen and oxygen atoms in total. The summed E-state index contributed by atoms with van der Waals surface area (Å²) in [5, 5.41) is 6.18. The van der Waals surface area contributed by atoms with Crippen LogP contribution < -0.4 is 15.4 Å². The highest BCUT2D eigenvalue weighted by Gasteiger charge is 2.12. The van der Waals surface area contributed by atoms with Crippen LogP contribution >= 0.6 is 0 Å². The number of nitrogens with zero attached hydrogens (tertiary/aromatic N) is 1. The molecule has 1 aromatic heterocycles. The van der Waals surface area contributed by atoms with Crippen LogP contribution in [0.25, 0.3) is 0 Å². The van der Waals surface area contributed by atoms with Crippen molar-refractivity contribution < 1.29 is 9.53 Å². The largest absolute Gasteiger partial charge is 0.492 e. The Kier molecular flexibility index (Phi) is 3.83. The molecule has 0 saturated carbocycles. The number of benzene rings is 1. The number of carbonyl (C=O) groups excluding carboxylic acids is 1. The van der Waals surface area contributed by atoms with Gasteiger partial charge in [-0.05, 0) is 37.3 Å². The zero-order valence-electron chi connectivity index (χ0n) is 11.8. The monoisotopic (exact) mass is 283 g/mol. The van der Waals surface area contributed by atoms with Crippen LogP contribution in [0.2, 0.25) is 0 Å². The van der Waals surface area contributed by atoms with Crippen molar-refractivity contribution in [2.45, 2.75) is 13.5 Å². The second kappa shape index (κ2) is 5.93. The van der Waals surface area contributed by atoms with E-state index in [0.717, 1.165) is 35.8 Å². The van der Waals surface area contributed by atoms with Crippen LogP contribution in [-0.2, 0) is 6.54 Å².